The molecule has 1 heterocycles. The van der Waals surface area contributed by atoms with E-state index in [0.29, 0.717) is 5.71 Å². The number of alkyl halides is 3. The van der Waals surface area contributed by atoms with Crippen LogP contribution in [0.25, 0.3) is 0 Å². The lowest BCUT2D eigenvalue weighted by molar-refractivity contribution is -0.137. The minimum Gasteiger partial charge on any atom is -0.298 e. The second-order valence-corrected chi connectivity index (χ2v) is 6.69. The average Bonchev–Trinajstić information content (AvgIpc) is 2.95. The number of hydrazone groups is 1. The molecule has 4 nitrogen and oxygen atoms in total. The Bertz CT molecular complexity index is 933. The molecule has 0 saturated carbocycles. The third-order valence-electron chi connectivity index (χ3n) is 4.67. The Kier molecular flexibility index (Phi) is 5.36. The predicted molar refractivity (Wildman–Crippen MR) is 100 cm³/mol. The number of nitrogens with zero attached hydrogens (tertiary/aromatic N) is 2. The Morgan fingerprint density at radius 1 is 1.11 bits per heavy atom. The molecule has 0 radical (unpaired) electrons. The topological polar surface area (TPSA) is 49.7 Å². The molecular weight excluding hydrogens is 369 g/mol. The van der Waals surface area contributed by atoms with E-state index >= 15 is 0 Å². The largest absolute Gasteiger partial charge is 0.416 e. The van der Waals surface area contributed by atoms with Gasteiger partial charge in [0.05, 0.1) is 17.0 Å². The van der Waals surface area contributed by atoms with Crippen molar-refractivity contribution in [2.75, 3.05) is 5.01 Å². The van der Waals surface area contributed by atoms with Crippen molar-refractivity contribution in [3.05, 3.63) is 65.2 Å². The summed E-state index contributed by atoms with van der Waals surface area (Å²) >= 11 is 0. The van der Waals surface area contributed by atoms with Gasteiger partial charge in [0.25, 0.3) is 5.91 Å². The molecule has 7 heteroatoms. The molecule has 0 saturated heterocycles. The zero-order valence-corrected chi connectivity index (χ0v) is 15.5. The highest BCUT2D eigenvalue weighted by Crippen LogP contribution is 2.32. The summed E-state index contributed by atoms with van der Waals surface area (Å²) in [6.07, 6.45) is -3.53. The fourth-order valence-electron chi connectivity index (χ4n) is 3.18. The van der Waals surface area contributed by atoms with Gasteiger partial charge in [-0.05, 0) is 48.7 Å². The number of halogens is 3. The number of carbonyl (C=O) groups excluding carboxylic acids is 2. The van der Waals surface area contributed by atoms with Gasteiger partial charge in [-0.3, -0.25) is 9.59 Å². The normalized spacial score (nSPS) is 17.0. The van der Waals surface area contributed by atoms with Crippen molar-refractivity contribution in [2.45, 2.75) is 32.9 Å². The van der Waals surface area contributed by atoms with E-state index in [1.165, 1.54) is 12.1 Å². The lowest BCUT2D eigenvalue weighted by atomic mass is 9.93. The number of benzene rings is 2. The zero-order valence-electron chi connectivity index (χ0n) is 15.5. The standard InChI is InChI=1S/C21H19F3N2O2/c1-3-14-5-4-6-15(11-14)12-18(27)19-13(2)25-26(20(19)28)17-9-7-16(8-10-17)21(22,23)24/h4-11,19H,3,12H2,1-2H3. The molecule has 1 atom stereocenters. The fraction of sp³-hybridized carbons (Fsp3) is 0.286. The first kappa shape index (κ1) is 19.8. The molecule has 1 amide bonds. The van der Waals surface area contributed by atoms with Crippen LogP contribution in [0.4, 0.5) is 18.9 Å². The summed E-state index contributed by atoms with van der Waals surface area (Å²) in [5.41, 5.74) is 1.63. The minimum absolute atomic E-state index is 0.0952. The van der Waals surface area contributed by atoms with Crippen molar-refractivity contribution < 1.29 is 22.8 Å². The molecule has 0 aromatic heterocycles. The van der Waals surface area contributed by atoms with Gasteiger partial charge < -0.3 is 0 Å². The highest BCUT2D eigenvalue weighted by molar-refractivity contribution is 6.27. The first-order valence-corrected chi connectivity index (χ1v) is 8.87. The summed E-state index contributed by atoms with van der Waals surface area (Å²) < 4.78 is 38.1. The SMILES string of the molecule is CCc1cccc(CC(=O)C2C(=O)N(c3ccc(C(F)(F)F)cc3)N=C2C)c1. The van der Waals surface area contributed by atoms with E-state index < -0.39 is 23.6 Å². The number of aryl methyl sites for hydroxylation is 1. The van der Waals surface area contributed by atoms with Crippen molar-refractivity contribution in [3.8, 4) is 0 Å². The molecule has 146 valence electrons. The van der Waals surface area contributed by atoms with E-state index in [1.54, 1.807) is 6.92 Å². The van der Waals surface area contributed by atoms with E-state index in [4.69, 9.17) is 0 Å². The lowest BCUT2D eigenvalue weighted by Gasteiger charge is -2.15. The molecule has 0 spiro atoms. The molecule has 28 heavy (non-hydrogen) atoms. The van der Waals surface area contributed by atoms with Crippen molar-refractivity contribution in [3.63, 3.8) is 0 Å². The quantitative estimate of drug-likeness (QED) is 0.712. The van der Waals surface area contributed by atoms with Crippen LogP contribution in [0.3, 0.4) is 0 Å². The molecule has 0 bridgehead atoms. The van der Waals surface area contributed by atoms with Gasteiger partial charge in [-0.2, -0.15) is 23.3 Å². The van der Waals surface area contributed by atoms with Crippen LogP contribution in [0.5, 0.6) is 0 Å². The van der Waals surface area contributed by atoms with Crippen LogP contribution in [0.15, 0.2) is 53.6 Å². The number of rotatable bonds is 5. The summed E-state index contributed by atoms with van der Waals surface area (Å²) in [5.74, 6) is -1.85. The summed E-state index contributed by atoms with van der Waals surface area (Å²) in [4.78, 5) is 25.4. The Hall–Kier alpha value is -2.96. The van der Waals surface area contributed by atoms with E-state index in [0.717, 1.165) is 34.7 Å². The number of anilines is 1. The molecule has 1 aliphatic heterocycles. The average molecular weight is 388 g/mol. The maximum Gasteiger partial charge on any atom is 0.416 e. The molecule has 0 N–H and O–H groups in total. The molecule has 2 aromatic rings. The van der Waals surface area contributed by atoms with Gasteiger partial charge in [-0.1, -0.05) is 31.2 Å². The van der Waals surface area contributed by atoms with Crippen molar-refractivity contribution in [2.24, 2.45) is 11.0 Å². The highest BCUT2D eigenvalue weighted by atomic mass is 19.4. The van der Waals surface area contributed by atoms with Crippen LogP contribution in [0.1, 0.15) is 30.5 Å². The van der Waals surface area contributed by atoms with Crippen molar-refractivity contribution in [1.29, 1.82) is 0 Å². The Morgan fingerprint density at radius 2 is 1.75 bits per heavy atom. The summed E-state index contributed by atoms with van der Waals surface area (Å²) in [6.45, 7) is 3.59. The lowest BCUT2D eigenvalue weighted by Crippen LogP contribution is -2.33. The third kappa shape index (κ3) is 3.98. The van der Waals surface area contributed by atoms with Gasteiger partial charge in [-0.25, -0.2) is 0 Å². The Balaban J connectivity index is 1.77. The maximum atomic E-state index is 12.7. The first-order chi connectivity index (χ1) is 13.2. The van der Waals surface area contributed by atoms with Crippen LogP contribution in [0, 0.1) is 5.92 Å². The second-order valence-electron chi connectivity index (χ2n) is 6.69. The first-order valence-electron chi connectivity index (χ1n) is 8.87. The van der Waals surface area contributed by atoms with Crippen molar-refractivity contribution in [1.82, 2.24) is 0 Å². The number of hydrogen-bond donors (Lipinski definition) is 0. The van der Waals surface area contributed by atoms with Crippen LogP contribution in [-0.2, 0) is 28.6 Å². The molecule has 0 aliphatic carbocycles. The van der Waals surface area contributed by atoms with E-state index in [2.05, 4.69) is 5.10 Å². The summed E-state index contributed by atoms with van der Waals surface area (Å²) in [6, 6.07) is 11.7. The molecule has 1 aliphatic rings. The molecule has 3 rings (SSSR count). The van der Waals surface area contributed by atoms with E-state index in [-0.39, 0.29) is 17.9 Å². The summed E-state index contributed by atoms with van der Waals surface area (Å²) in [5, 5.41) is 5.11. The van der Waals surface area contributed by atoms with Crippen LogP contribution >= 0.6 is 0 Å². The highest BCUT2D eigenvalue weighted by Gasteiger charge is 2.39. The number of hydrogen-bond acceptors (Lipinski definition) is 3. The summed E-state index contributed by atoms with van der Waals surface area (Å²) in [7, 11) is 0. The van der Waals surface area contributed by atoms with Crippen molar-refractivity contribution >= 4 is 23.1 Å². The van der Waals surface area contributed by atoms with Gasteiger partial charge in [0, 0.05) is 6.42 Å². The Morgan fingerprint density at radius 3 is 2.36 bits per heavy atom. The maximum absolute atomic E-state index is 12.7. The number of carbonyl (C=O) groups is 2. The second kappa shape index (κ2) is 7.58. The fourth-order valence-corrected chi connectivity index (χ4v) is 3.18. The van der Waals surface area contributed by atoms with Gasteiger partial charge in [0.2, 0.25) is 0 Å². The van der Waals surface area contributed by atoms with Gasteiger partial charge in [0.1, 0.15) is 5.92 Å². The smallest absolute Gasteiger partial charge is 0.298 e. The number of Topliss-reactive ketones (excluding diaryl/α,β-unsaturated/α-hetero) is 1. The minimum atomic E-state index is -4.46. The predicted octanol–water partition coefficient (Wildman–Crippen LogP) is 4.42. The number of amides is 1. The molecule has 0 fully saturated rings. The monoisotopic (exact) mass is 388 g/mol. The van der Waals surface area contributed by atoms with Crippen LogP contribution < -0.4 is 5.01 Å². The Labute approximate surface area is 160 Å². The van der Waals surface area contributed by atoms with E-state index in [1.807, 2.05) is 31.2 Å². The third-order valence-corrected chi connectivity index (χ3v) is 4.67. The van der Waals surface area contributed by atoms with Gasteiger partial charge in [0.15, 0.2) is 5.78 Å². The van der Waals surface area contributed by atoms with E-state index in [9.17, 15) is 22.8 Å². The van der Waals surface area contributed by atoms with Gasteiger partial charge in [-0.15, -0.1) is 0 Å². The van der Waals surface area contributed by atoms with Gasteiger partial charge >= 0.3 is 6.18 Å². The zero-order chi connectivity index (χ0) is 20.5. The van der Waals surface area contributed by atoms with Crippen LogP contribution in [0.2, 0.25) is 0 Å². The number of ketones is 1. The molecule has 2 aromatic carbocycles. The van der Waals surface area contributed by atoms with Crippen LogP contribution in [-0.4, -0.2) is 17.4 Å². The molecular formula is C21H19F3N2O2. The molecule has 1 unspecified atom stereocenters.